The number of carbonyl (C=O) groups excluding carboxylic acids is 1. The molecular formula is C14H16N4O8. The van der Waals surface area contributed by atoms with Crippen molar-refractivity contribution in [1.29, 1.82) is 0 Å². The molecule has 12 nitrogen and oxygen atoms in total. The molecule has 2 aliphatic rings. The Labute approximate surface area is 146 Å². The molecule has 0 aliphatic carbocycles. The van der Waals surface area contributed by atoms with Crippen molar-refractivity contribution in [3.63, 3.8) is 0 Å². The Hall–Kier alpha value is -3.15. The van der Waals surface area contributed by atoms with Crippen LogP contribution in [0.15, 0.2) is 12.1 Å². The van der Waals surface area contributed by atoms with E-state index in [2.05, 4.69) is 4.90 Å². The lowest BCUT2D eigenvalue weighted by molar-refractivity contribution is -0.404. The van der Waals surface area contributed by atoms with Crippen LogP contribution in [0.1, 0.15) is 25.7 Å². The van der Waals surface area contributed by atoms with Crippen LogP contribution in [-0.2, 0) is 4.79 Å². The number of hydrogen-bond donors (Lipinski definition) is 1. The van der Waals surface area contributed by atoms with E-state index < -0.39 is 37.6 Å². The van der Waals surface area contributed by atoms with E-state index in [-0.39, 0.29) is 0 Å². The highest BCUT2D eigenvalue weighted by atomic mass is 16.6. The molecule has 2 fully saturated rings. The van der Waals surface area contributed by atoms with Crippen LogP contribution in [-0.4, -0.2) is 49.7 Å². The molecule has 1 atom stereocenters. The van der Waals surface area contributed by atoms with E-state index in [0.717, 1.165) is 19.4 Å². The molecule has 0 radical (unpaired) electrons. The van der Waals surface area contributed by atoms with Gasteiger partial charge in [0, 0.05) is 25.4 Å². The zero-order valence-electron chi connectivity index (χ0n) is 13.6. The first kappa shape index (κ1) is 19.2. The maximum Gasteiger partial charge on any atom is 0.324 e. The number of fused-ring (bicyclic) bond motifs is 1. The molecular weight excluding hydrogens is 352 g/mol. The Morgan fingerprint density at radius 2 is 1.58 bits per heavy atom. The van der Waals surface area contributed by atoms with Crippen LogP contribution in [0.25, 0.3) is 0 Å². The van der Waals surface area contributed by atoms with Gasteiger partial charge >= 0.3 is 11.4 Å². The highest BCUT2D eigenvalue weighted by Crippen LogP contribution is 2.38. The lowest BCUT2D eigenvalue weighted by Gasteiger charge is -2.27. The molecule has 1 aromatic carbocycles. The Kier molecular flexibility index (Phi) is 5.77. The second kappa shape index (κ2) is 7.82. The topological polar surface area (TPSA) is 170 Å². The Bertz CT molecular complexity index is 730. The summed E-state index contributed by atoms with van der Waals surface area (Å²) in [6, 6.07) is 1.52. The van der Waals surface area contributed by atoms with Crippen molar-refractivity contribution in [2.45, 2.75) is 31.7 Å². The molecule has 0 saturated carbocycles. The fourth-order valence-corrected chi connectivity index (χ4v) is 3.03. The summed E-state index contributed by atoms with van der Waals surface area (Å²) >= 11 is 0. The highest BCUT2D eigenvalue weighted by molar-refractivity contribution is 5.80. The van der Waals surface area contributed by atoms with Crippen LogP contribution in [0.4, 0.5) is 17.1 Å². The molecule has 0 bridgehead atoms. The van der Waals surface area contributed by atoms with Gasteiger partial charge in [0.15, 0.2) is 0 Å². The van der Waals surface area contributed by atoms with Gasteiger partial charge < -0.3 is 5.11 Å². The summed E-state index contributed by atoms with van der Waals surface area (Å²) < 4.78 is 0. The predicted molar refractivity (Wildman–Crippen MR) is 86.9 cm³/mol. The molecule has 3 rings (SSSR count). The van der Waals surface area contributed by atoms with Gasteiger partial charge in [-0.3, -0.25) is 40.0 Å². The molecule has 2 aliphatic heterocycles. The number of hydrogen-bond acceptors (Lipinski definition) is 9. The van der Waals surface area contributed by atoms with E-state index in [1.807, 2.05) is 0 Å². The van der Waals surface area contributed by atoms with Gasteiger partial charge in [-0.05, 0) is 19.4 Å². The van der Waals surface area contributed by atoms with Crippen molar-refractivity contribution in [3.05, 3.63) is 42.5 Å². The summed E-state index contributed by atoms with van der Waals surface area (Å²) in [5.41, 5.74) is -3.00. The molecule has 0 amide bonds. The average Bonchev–Trinajstić information content (AvgIpc) is 3.02. The molecule has 2 saturated heterocycles. The van der Waals surface area contributed by atoms with Crippen LogP contribution >= 0.6 is 0 Å². The number of nitro benzene ring substituents is 3. The summed E-state index contributed by atoms with van der Waals surface area (Å²) in [4.78, 5) is 41.2. The minimum Gasteiger partial charge on any atom is -0.497 e. The summed E-state index contributed by atoms with van der Waals surface area (Å²) in [5.74, 6) is -0.733. The molecule has 1 unspecified atom stereocenters. The Morgan fingerprint density at radius 1 is 1.00 bits per heavy atom. The van der Waals surface area contributed by atoms with Gasteiger partial charge in [-0.25, -0.2) is 0 Å². The Balaban J connectivity index is 0.000000206. The van der Waals surface area contributed by atoms with E-state index >= 15 is 0 Å². The number of benzene rings is 1. The second-order valence-corrected chi connectivity index (χ2v) is 5.93. The maximum absolute atomic E-state index is 11.0. The smallest absolute Gasteiger partial charge is 0.324 e. The van der Waals surface area contributed by atoms with Gasteiger partial charge in [-0.1, -0.05) is 0 Å². The van der Waals surface area contributed by atoms with E-state index in [1.165, 1.54) is 19.4 Å². The molecule has 0 spiro atoms. The minimum atomic E-state index is -1.21. The van der Waals surface area contributed by atoms with Crippen molar-refractivity contribution in [2.24, 2.45) is 0 Å². The molecule has 0 aromatic heterocycles. The monoisotopic (exact) mass is 368 g/mol. The van der Waals surface area contributed by atoms with Gasteiger partial charge in [0.25, 0.3) is 11.4 Å². The molecule has 26 heavy (non-hydrogen) atoms. The zero-order chi connectivity index (χ0) is 19.4. The first-order valence-electron chi connectivity index (χ1n) is 7.76. The van der Waals surface area contributed by atoms with Gasteiger partial charge in [0.2, 0.25) is 0 Å². The van der Waals surface area contributed by atoms with Crippen molar-refractivity contribution in [1.82, 2.24) is 4.90 Å². The van der Waals surface area contributed by atoms with Crippen LogP contribution in [0.3, 0.4) is 0 Å². The van der Waals surface area contributed by atoms with Crippen molar-refractivity contribution in [2.75, 3.05) is 13.1 Å². The third kappa shape index (κ3) is 4.27. The van der Waals surface area contributed by atoms with Crippen molar-refractivity contribution in [3.8, 4) is 5.75 Å². The number of ketones is 1. The van der Waals surface area contributed by atoms with Crippen LogP contribution in [0.2, 0.25) is 0 Å². The molecule has 12 heteroatoms. The SMILES string of the molecule is O=C1CCN2CCCC2C1.O=[N+]([O-])c1cc([N+](=O)[O-])c(O)c([N+](=O)[O-])c1. The van der Waals surface area contributed by atoms with Gasteiger partial charge in [-0.15, -0.1) is 0 Å². The van der Waals surface area contributed by atoms with Gasteiger partial charge in [-0.2, -0.15) is 0 Å². The van der Waals surface area contributed by atoms with Crippen LogP contribution in [0.5, 0.6) is 5.75 Å². The average molecular weight is 368 g/mol. The summed E-state index contributed by atoms with van der Waals surface area (Å²) in [6.07, 6.45) is 4.19. The predicted octanol–water partition coefficient (Wildman–Crippen LogP) is 1.93. The van der Waals surface area contributed by atoms with Gasteiger partial charge in [0.1, 0.15) is 5.78 Å². The van der Waals surface area contributed by atoms with E-state index in [9.17, 15) is 35.1 Å². The lowest BCUT2D eigenvalue weighted by Crippen LogP contribution is -2.37. The molecule has 1 N–H and O–H groups in total. The molecule has 2 heterocycles. The number of aromatic hydroxyl groups is 1. The zero-order valence-corrected chi connectivity index (χ0v) is 13.6. The number of phenols is 1. The van der Waals surface area contributed by atoms with Crippen molar-refractivity contribution >= 4 is 22.8 Å². The highest BCUT2D eigenvalue weighted by Gasteiger charge is 2.31. The molecule has 140 valence electrons. The normalized spacial score (nSPS) is 19.2. The number of rotatable bonds is 3. The number of nitro groups is 3. The number of carbonyl (C=O) groups is 1. The fourth-order valence-electron chi connectivity index (χ4n) is 3.03. The fraction of sp³-hybridized carbons (Fsp3) is 0.500. The van der Waals surface area contributed by atoms with Crippen LogP contribution < -0.4 is 0 Å². The summed E-state index contributed by atoms with van der Waals surface area (Å²) in [6.45, 7) is 2.27. The third-order valence-electron chi connectivity index (χ3n) is 4.30. The minimum absolute atomic E-state index is 0.447. The Morgan fingerprint density at radius 3 is 2.08 bits per heavy atom. The van der Waals surface area contributed by atoms with E-state index in [1.54, 1.807) is 0 Å². The van der Waals surface area contributed by atoms with E-state index in [0.29, 0.717) is 24.0 Å². The quantitative estimate of drug-likeness (QED) is 0.618. The third-order valence-corrected chi connectivity index (χ3v) is 4.30. The standard InChI is InChI=1S/C8H13NO.C6H3N3O7/c10-8-3-5-9-4-1-2-7(9)6-8;10-6-4(8(13)14)1-3(7(11)12)2-5(6)9(15)16/h7H,1-6H2;1-2,10H. The largest absolute Gasteiger partial charge is 0.497 e. The summed E-state index contributed by atoms with van der Waals surface area (Å²) in [5, 5.41) is 40.2. The lowest BCUT2D eigenvalue weighted by atomic mass is 10.0. The first-order valence-corrected chi connectivity index (χ1v) is 7.76. The van der Waals surface area contributed by atoms with Crippen molar-refractivity contribution < 1.29 is 24.7 Å². The first-order chi connectivity index (χ1) is 12.2. The maximum atomic E-state index is 11.0. The number of nitrogens with zero attached hydrogens (tertiary/aromatic N) is 4. The van der Waals surface area contributed by atoms with Crippen LogP contribution in [0, 0.1) is 30.3 Å². The number of piperidine rings is 1. The molecule has 1 aromatic rings. The number of Topliss-reactive ketones (excluding diaryl/α,β-unsaturated/α-hetero) is 1. The summed E-state index contributed by atoms with van der Waals surface area (Å²) in [7, 11) is 0. The number of phenolic OH excluding ortho intramolecular Hbond substituents is 1. The van der Waals surface area contributed by atoms with Gasteiger partial charge in [0.05, 0.1) is 26.9 Å². The second-order valence-electron chi connectivity index (χ2n) is 5.93. The van der Waals surface area contributed by atoms with E-state index in [4.69, 9.17) is 5.11 Å². The number of non-ortho nitro benzene ring substituents is 1.